The minimum absolute atomic E-state index is 0. The van der Waals surface area contributed by atoms with Crippen LogP contribution in [0.4, 0.5) is 0 Å². The van der Waals surface area contributed by atoms with Gasteiger partial charge < -0.3 is 25.4 Å². The molecule has 7 nitrogen and oxygen atoms in total. The minimum atomic E-state index is -0.365. The Balaban J connectivity index is 0. The Morgan fingerprint density at radius 1 is 0.923 bits per heavy atom. The fourth-order valence-corrected chi connectivity index (χ4v) is 1.75. The summed E-state index contributed by atoms with van der Waals surface area (Å²) in [5.41, 5.74) is -0.365. The summed E-state index contributed by atoms with van der Waals surface area (Å²) in [6, 6.07) is 0. The van der Waals surface area contributed by atoms with E-state index < -0.39 is 0 Å². The van der Waals surface area contributed by atoms with Crippen LogP contribution in [0.25, 0.3) is 0 Å². The lowest BCUT2D eigenvalue weighted by Crippen LogP contribution is -2.43. The number of carbonyl (C=O) groups is 1. The third-order valence-electron chi connectivity index (χ3n) is 3.25. The summed E-state index contributed by atoms with van der Waals surface area (Å²) in [5, 5.41) is 9.27. The summed E-state index contributed by atoms with van der Waals surface area (Å²) in [4.78, 5) is 16.2. The molecule has 0 saturated heterocycles. The number of rotatable bonds is 13. The molecule has 1 amide bonds. The largest absolute Gasteiger partial charge is 0.379 e. The standard InChI is InChI=1S/C18H38N4O3.HI/c1-6-8-12-24-14-15-25-13-11-22-17(19-7-2)21-10-9-20-16(23)18(3,4)5;/h6-15H2,1-5H3,(H,20,23)(H2,19,21,22);1H. The van der Waals surface area contributed by atoms with Gasteiger partial charge in [0.1, 0.15) is 0 Å². The van der Waals surface area contributed by atoms with E-state index in [4.69, 9.17) is 9.47 Å². The number of amides is 1. The van der Waals surface area contributed by atoms with Gasteiger partial charge in [0.05, 0.1) is 26.4 Å². The molecule has 0 aliphatic rings. The lowest BCUT2D eigenvalue weighted by molar-refractivity contribution is -0.128. The van der Waals surface area contributed by atoms with Crippen LogP contribution >= 0.6 is 24.0 Å². The van der Waals surface area contributed by atoms with Crippen LogP contribution in [-0.4, -0.2) is 64.5 Å². The van der Waals surface area contributed by atoms with E-state index in [0.29, 0.717) is 39.5 Å². The molecule has 0 bridgehead atoms. The average Bonchev–Trinajstić information content (AvgIpc) is 2.55. The lowest BCUT2D eigenvalue weighted by Gasteiger charge is -2.18. The highest BCUT2D eigenvalue weighted by Gasteiger charge is 2.20. The van der Waals surface area contributed by atoms with E-state index in [1.807, 2.05) is 27.7 Å². The van der Waals surface area contributed by atoms with Gasteiger partial charge in [-0.3, -0.25) is 9.79 Å². The summed E-state index contributed by atoms with van der Waals surface area (Å²) in [5.74, 6) is 0.779. The van der Waals surface area contributed by atoms with Crippen LogP contribution < -0.4 is 16.0 Å². The Morgan fingerprint density at radius 3 is 2.12 bits per heavy atom. The van der Waals surface area contributed by atoms with E-state index in [0.717, 1.165) is 32.0 Å². The molecule has 0 spiro atoms. The molecule has 0 rings (SSSR count). The number of guanidine groups is 1. The van der Waals surface area contributed by atoms with E-state index in [1.165, 1.54) is 0 Å². The maximum absolute atomic E-state index is 11.8. The highest BCUT2D eigenvalue weighted by atomic mass is 127. The molecule has 0 heterocycles. The topological polar surface area (TPSA) is 84.0 Å². The van der Waals surface area contributed by atoms with Crippen LogP contribution in [0.1, 0.15) is 47.5 Å². The number of nitrogens with one attached hydrogen (secondary N) is 3. The van der Waals surface area contributed by atoms with E-state index >= 15 is 0 Å². The van der Waals surface area contributed by atoms with Crippen molar-refractivity contribution in [2.24, 2.45) is 10.4 Å². The number of ether oxygens (including phenoxy) is 2. The normalized spacial score (nSPS) is 11.7. The van der Waals surface area contributed by atoms with Gasteiger partial charge in [-0.15, -0.1) is 24.0 Å². The molecular formula is C18H39IN4O3. The molecule has 0 radical (unpaired) electrons. The molecule has 0 aromatic rings. The Hall–Kier alpha value is -0.610. The van der Waals surface area contributed by atoms with E-state index in [2.05, 4.69) is 27.9 Å². The van der Waals surface area contributed by atoms with Gasteiger partial charge in [-0.25, -0.2) is 0 Å². The predicted molar refractivity (Wildman–Crippen MR) is 118 cm³/mol. The zero-order chi connectivity index (χ0) is 19.0. The van der Waals surface area contributed by atoms with Gasteiger partial charge in [-0.05, 0) is 13.3 Å². The van der Waals surface area contributed by atoms with E-state index in [1.54, 1.807) is 0 Å². The fourth-order valence-electron chi connectivity index (χ4n) is 1.75. The molecule has 0 aromatic carbocycles. The van der Waals surface area contributed by atoms with Crippen molar-refractivity contribution in [2.75, 3.05) is 52.6 Å². The molecule has 0 aliphatic heterocycles. The second kappa shape index (κ2) is 17.8. The minimum Gasteiger partial charge on any atom is -0.379 e. The molecule has 26 heavy (non-hydrogen) atoms. The molecule has 0 fully saturated rings. The predicted octanol–water partition coefficient (Wildman–Crippen LogP) is 2.16. The first kappa shape index (κ1) is 27.6. The van der Waals surface area contributed by atoms with Gasteiger partial charge in [-0.1, -0.05) is 34.1 Å². The Bertz CT molecular complexity index is 374. The zero-order valence-electron chi connectivity index (χ0n) is 17.2. The molecule has 8 heteroatoms. The third-order valence-corrected chi connectivity index (χ3v) is 3.25. The molecule has 156 valence electrons. The van der Waals surface area contributed by atoms with Crippen LogP contribution in [0.5, 0.6) is 0 Å². The van der Waals surface area contributed by atoms with Crippen LogP contribution in [-0.2, 0) is 14.3 Å². The van der Waals surface area contributed by atoms with Crippen LogP contribution in [0.3, 0.4) is 0 Å². The average molecular weight is 486 g/mol. The van der Waals surface area contributed by atoms with Crippen molar-refractivity contribution < 1.29 is 14.3 Å². The van der Waals surface area contributed by atoms with Gasteiger partial charge >= 0.3 is 0 Å². The lowest BCUT2D eigenvalue weighted by atomic mass is 9.96. The first-order chi connectivity index (χ1) is 11.9. The third kappa shape index (κ3) is 16.8. The molecule has 3 N–H and O–H groups in total. The summed E-state index contributed by atoms with van der Waals surface area (Å²) in [7, 11) is 0. The number of carbonyl (C=O) groups excluding carboxylic acids is 1. The number of aliphatic imine (C=N–C) groups is 1. The molecular weight excluding hydrogens is 447 g/mol. The van der Waals surface area contributed by atoms with Crippen molar-refractivity contribution in [2.45, 2.75) is 47.5 Å². The highest BCUT2D eigenvalue weighted by Crippen LogP contribution is 2.11. The number of unbranched alkanes of at least 4 members (excludes halogenated alkanes) is 1. The van der Waals surface area contributed by atoms with Gasteiger partial charge in [0.2, 0.25) is 5.91 Å². The van der Waals surface area contributed by atoms with E-state index in [-0.39, 0.29) is 35.3 Å². The van der Waals surface area contributed by atoms with Gasteiger partial charge in [0.25, 0.3) is 0 Å². The summed E-state index contributed by atoms with van der Waals surface area (Å²) in [6.45, 7) is 15.0. The molecule has 0 aromatic heterocycles. The highest BCUT2D eigenvalue weighted by molar-refractivity contribution is 14.0. The SMILES string of the molecule is CCCCOCCOCCN=C(NCC)NCCNC(=O)C(C)(C)C.I. The maximum Gasteiger partial charge on any atom is 0.225 e. The Labute approximate surface area is 176 Å². The number of nitrogens with zero attached hydrogens (tertiary/aromatic N) is 1. The van der Waals surface area contributed by atoms with Crippen molar-refractivity contribution in [1.29, 1.82) is 0 Å². The quantitative estimate of drug-likeness (QED) is 0.161. The molecule has 0 atom stereocenters. The second-order valence-corrected chi connectivity index (χ2v) is 6.77. The van der Waals surface area contributed by atoms with Crippen molar-refractivity contribution in [1.82, 2.24) is 16.0 Å². The van der Waals surface area contributed by atoms with Crippen molar-refractivity contribution >= 4 is 35.8 Å². The number of hydrogen-bond acceptors (Lipinski definition) is 4. The first-order valence-corrected chi connectivity index (χ1v) is 9.37. The van der Waals surface area contributed by atoms with Crippen LogP contribution in [0, 0.1) is 5.41 Å². The molecule has 0 saturated carbocycles. The monoisotopic (exact) mass is 486 g/mol. The van der Waals surface area contributed by atoms with Crippen molar-refractivity contribution in [3.05, 3.63) is 0 Å². The maximum atomic E-state index is 11.8. The summed E-state index contributed by atoms with van der Waals surface area (Å²) < 4.78 is 10.9. The van der Waals surface area contributed by atoms with Gasteiger partial charge in [-0.2, -0.15) is 0 Å². The van der Waals surface area contributed by atoms with Crippen LogP contribution in [0.15, 0.2) is 4.99 Å². The van der Waals surface area contributed by atoms with E-state index in [9.17, 15) is 4.79 Å². The number of hydrogen-bond donors (Lipinski definition) is 3. The van der Waals surface area contributed by atoms with Crippen molar-refractivity contribution in [3.63, 3.8) is 0 Å². The van der Waals surface area contributed by atoms with Crippen molar-refractivity contribution in [3.8, 4) is 0 Å². The zero-order valence-corrected chi connectivity index (χ0v) is 19.5. The van der Waals surface area contributed by atoms with Gasteiger partial charge in [0, 0.05) is 31.7 Å². The smallest absolute Gasteiger partial charge is 0.225 e. The molecule has 0 unspecified atom stereocenters. The summed E-state index contributed by atoms with van der Waals surface area (Å²) >= 11 is 0. The number of halogens is 1. The first-order valence-electron chi connectivity index (χ1n) is 9.37. The second-order valence-electron chi connectivity index (χ2n) is 6.77. The Kier molecular flexibility index (Phi) is 18.9. The van der Waals surface area contributed by atoms with Crippen LogP contribution in [0.2, 0.25) is 0 Å². The Morgan fingerprint density at radius 2 is 1.54 bits per heavy atom. The molecule has 0 aliphatic carbocycles. The summed E-state index contributed by atoms with van der Waals surface area (Å²) in [6.07, 6.45) is 2.24. The van der Waals surface area contributed by atoms with Gasteiger partial charge in [0.15, 0.2) is 5.96 Å². The fraction of sp³-hybridized carbons (Fsp3) is 0.889.